The number of amides is 1. The Hall–Kier alpha value is -1.62. The van der Waals surface area contributed by atoms with Crippen molar-refractivity contribution in [1.82, 2.24) is 15.6 Å². The van der Waals surface area contributed by atoms with Gasteiger partial charge in [0, 0.05) is 24.3 Å². The van der Waals surface area contributed by atoms with Crippen LogP contribution in [0, 0.1) is 6.92 Å². The molecular weight excluding hydrogens is 266 g/mol. The summed E-state index contributed by atoms with van der Waals surface area (Å²) in [5, 5.41) is 6.17. The quantitative estimate of drug-likeness (QED) is 0.809. The van der Waals surface area contributed by atoms with Crippen LogP contribution in [0.2, 0.25) is 0 Å². The second-order valence-corrected chi connectivity index (χ2v) is 6.14. The normalized spacial score (nSPS) is 11.3. The Labute approximate surface area is 127 Å². The minimum Gasteiger partial charge on any atom is -0.482 e. The molecular formula is C16H27N3O2. The van der Waals surface area contributed by atoms with Crippen LogP contribution in [0.25, 0.3) is 0 Å². The van der Waals surface area contributed by atoms with Crippen molar-refractivity contribution >= 4 is 5.91 Å². The molecule has 1 rings (SSSR count). The van der Waals surface area contributed by atoms with Crippen LogP contribution in [0.3, 0.4) is 0 Å². The molecule has 0 fully saturated rings. The molecule has 1 heterocycles. The van der Waals surface area contributed by atoms with Gasteiger partial charge in [-0.25, -0.2) is 0 Å². The van der Waals surface area contributed by atoms with Crippen molar-refractivity contribution in [3.05, 3.63) is 23.5 Å². The zero-order chi connectivity index (χ0) is 15.9. The van der Waals surface area contributed by atoms with Crippen molar-refractivity contribution in [1.29, 1.82) is 0 Å². The van der Waals surface area contributed by atoms with Crippen LogP contribution in [-0.4, -0.2) is 29.6 Å². The van der Waals surface area contributed by atoms with Gasteiger partial charge in [-0.05, 0) is 46.2 Å². The summed E-state index contributed by atoms with van der Waals surface area (Å²) in [4.78, 5) is 16.1. The molecule has 21 heavy (non-hydrogen) atoms. The molecule has 0 bridgehead atoms. The van der Waals surface area contributed by atoms with Crippen LogP contribution in [0.15, 0.2) is 12.1 Å². The highest BCUT2D eigenvalue weighted by atomic mass is 16.5. The number of rotatable bonds is 7. The number of carbonyl (C=O) groups excluding carboxylic acids is 1. The van der Waals surface area contributed by atoms with E-state index in [0.717, 1.165) is 17.8 Å². The number of hydrogen-bond acceptors (Lipinski definition) is 4. The largest absolute Gasteiger partial charge is 0.482 e. The fourth-order valence-electron chi connectivity index (χ4n) is 1.66. The average Bonchev–Trinajstić information content (AvgIpc) is 2.41. The standard InChI is InChI=1S/C16H27N3O2/c1-6-9-17-15(20)11-21-14-8-7-12(2)19-13(14)10-18-16(3,4)5/h7-8,18H,6,9-11H2,1-5H3,(H,17,20). The molecule has 0 aliphatic rings. The summed E-state index contributed by atoms with van der Waals surface area (Å²) in [5.74, 6) is 0.552. The first-order chi connectivity index (χ1) is 9.81. The van der Waals surface area contributed by atoms with Crippen molar-refractivity contribution in [2.75, 3.05) is 13.2 Å². The van der Waals surface area contributed by atoms with Crippen LogP contribution >= 0.6 is 0 Å². The molecule has 0 aliphatic heterocycles. The third-order valence-electron chi connectivity index (χ3n) is 2.79. The van der Waals surface area contributed by atoms with Gasteiger partial charge in [-0.3, -0.25) is 9.78 Å². The Morgan fingerprint density at radius 2 is 2.05 bits per heavy atom. The van der Waals surface area contributed by atoms with Gasteiger partial charge in [0.2, 0.25) is 0 Å². The second kappa shape index (κ2) is 7.98. The molecule has 2 N–H and O–H groups in total. The molecule has 118 valence electrons. The van der Waals surface area contributed by atoms with E-state index in [9.17, 15) is 4.79 Å². The lowest BCUT2D eigenvalue weighted by molar-refractivity contribution is -0.123. The van der Waals surface area contributed by atoms with Crippen molar-refractivity contribution in [3.63, 3.8) is 0 Å². The third-order valence-corrected chi connectivity index (χ3v) is 2.79. The number of pyridine rings is 1. The maximum atomic E-state index is 11.6. The third kappa shape index (κ3) is 7.09. The maximum Gasteiger partial charge on any atom is 0.257 e. The first-order valence-electron chi connectivity index (χ1n) is 7.43. The van der Waals surface area contributed by atoms with Gasteiger partial charge in [0.05, 0.1) is 5.69 Å². The van der Waals surface area contributed by atoms with E-state index in [1.807, 2.05) is 26.0 Å². The lowest BCUT2D eigenvalue weighted by Gasteiger charge is -2.21. The molecule has 0 atom stereocenters. The monoisotopic (exact) mass is 293 g/mol. The first-order valence-corrected chi connectivity index (χ1v) is 7.43. The first kappa shape index (κ1) is 17.4. The average molecular weight is 293 g/mol. The number of carbonyl (C=O) groups is 1. The Bertz CT molecular complexity index is 467. The van der Waals surface area contributed by atoms with E-state index in [1.165, 1.54) is 0 Å². The molecule has 1 amide bonds. The highest BCUT2D eigenvalue weighted by molar-refractivity contribution is 5.77. The van der Waals surface area contributed by atoms with Gasteiger partial charge in [0.15, 0.2) is 6.61 Å². The van der Waals surface area contributed by atoms with Crippen molar-refractivity contribution in [2.24, 2.45) is 0 Å². The number of ether oxygens (including phenoxy) is 1. The molecule has 0 spiro atoms. The van der Waals surface area contributed by atoms with Gasteiger partial charge in [-0.1, -0.05) is 6.92 Å². The summed E-state index contributed by atoms with van der Waals surface area (Å²) >= 11 is 0. The van der Waals surface area contributed by atoms with E-state index in [2.05, 4.69) is 36.4 Å². The van der Waals surface area contributed by atoms with Gasteiger partial charge in [-0.2, -0.15) is 0 Å². The molecule has 0 radical (unpaired) electrons. The maximum absolute atomic E-state index is 11.6. The summed E-state index contributed by atoms with van der Waals surface area (Å²) in [6.45, 7) is 11.6. The number of aryl methyl sites for hydroxylation is 1. The van der Waals surface area contributed by atoms with Crippen LogP contribution in [0.1, 0.15) is 45.5 Å². The lowest BCUT2D eigenvalue weighted by atomic mass is 10.1. The minimum atomic E-state index is -0.104. The highest BCUT2D eigenvalue weighted by Gasteiger charge is 2.13. The Balaban J connectivity index is 2.66. The topological polar surface area (TPSA) is 63.2 Å². The predicted octanol–water partition coefficient (Wildman–Crippen LogP) is 2.18. The van der Waals surface area contributed by atoms with Gasteiger partial charge >= 0.3 is 0 Å². The van der Waals surface area contributed by atoms with E-state index in [1.54, 1.807) is 0 Å². The van der Waals surface area contributed by atoms with Gasteiger partial charge in [-0.15, -0.1) is 0 Å². The van der Waals surface area contributed by atoms with Gasteiger partial charge in [0.25, 0.3) is 5.91 Å². The second-order valence-electron chi connectivity index (χ2n) is 6.14. The van der Waals surface area contributed by atoms with Crippen LogP contribution < -0.4 is 15.4 Å². The summed E-state index contributed by atoms with van der Waals surface area (Å²) < 4.78 is 5.60. The van der Waals surface area contributed by atoms with E-state index >= 15 is 0 Å². The highest BCUT2D eigenvalue weighted by Crippen LogP contribution is 2.17. The lowest BCUT2D eigenvalue weighted by Crippen LogP contribution is -2.35. The molecule has 5 heteroatoms. The Morgan fingerprint density at radius 1 is 1.33 bits per heavy atom. The van der Waals surface area contributed by atoms with E-state index in [4.69, 9.17) is 4.74 Å². The molecule has 1 aromatic heterocycles. The van der Waals surface area contributed by atoms with Crippen molar-refractivity contribution in [3.8, 4) is 5.75 Å². The van der Waals surface area contributed by atoms with Gasteiger partial charge in [0.1, 0.15) is 5.75 Å². The zero-order valence-electron chi connectivity index (χ0n) is 13.7. The van der Waals surface area contributed by atoms with E-state index < -0.39 is 0 Å². The molecule has 0 aromatic carbocycles. The predicted molar refractivity (Wildman–Crippen MR) is 84.4 cm³/mol. The van der Waals surface area contributed by atoms with Gasteiger partial charge < -0.3 is 15.4 Å². The SMILES string of the molecule is CCCNC(=O)COc1ccc(C)nc1CNC(C)(C)C. The summed E-state index contributed by atoms with van der Waals surface area (Å²) in [7, 11) is 0. The molecule has 5 nitrogen and oxygen atoms in total. The van der Waals surface area contributed by atoms with Crippen molar-refractivity contribution in [2.45, 2.75) is 53.1 Å². The van der Waals surface area contributed by atoms with Crippen LogP contribution in [0.4, 0.5) is 0 Å². The Morgan fingerprint density at radius 3 is 2.67 bits per heavy atom. The molecule has 0 unspecified atom stereocenters. The minimum absolute atomic E-state index is 0.00119. The number of aromatic nitrogens is 1. The molecule has 0 saturated heterocycles. The van der Waals surface area contributed by atoms with E-state index in [-0.39, 0.29) is 18.1 Å². The fourth-order valence-corrected chi connectivity index (χ4v) is 1.66. The fraction of sp³-hybridized carbons (Fsp3) is 0.625. The van der Waals surface area contributed by atoms with E-state index in [0.29, 0.717) is 18.8 Å². The molecule has 0 aliphatic carbocycles. The van der Waals surface area contributed by atoms with Crippen LogP contribution in [-0.2, 0) is 11.3 Å². The summed E-state index contributed by atoms with van der Waals surface area (Å²) in [6, 6.07) is 3.76. The number of nitrogens with zero attached hydrogens (tertiary/aromatic N) is 1. The molecule has 1 aromatic rings. The Kier molecular flexibility index (Phi) is 6.62. The van der Waals surface area contributed by atoms with Crippen LogP contribution in [0.5, 0.6) is 5.75 Å². The van der Waals surface area contributed by atoms with Crippen molar-refractivity contribution < 1.29 is 9.53 Å². The number of nitrogens with one attached hydrogen (secondary N) is 2. The summed E-state index contributed by atoms with van der Waals surface area (Å²) in [5.41, 5.74) is 1.76. The zero-order valence-corrected chi connectivity index (χ0v) is 13.7. The summed E-state index contributed by atoms with van der Waals surface area (Å²) in [6.07, 6.45) is 0.915. The molecule has 0 saturated carbocycles. The smallest absolute Gasteiger partial charge is 0.257 e. The number of hydrogen-bond donors (Lipinski definition) is 2.